The van der Waals surface area contributed by atoms with E-state index in [1.165, 1.54) is 0 Å². The van der Waals surface area contributed by atoms with E-state index in [1.54, 1.807) is 12.0 Å². The molecule has 16 heavy (non-hydrogen) atoms. The van der Waals surface area contributed by atoms with Crippen LogP contribution in [-0.2, 0) is 14.3 Å². The summed E-state index contributed by atoms with van der Waals surface area (Å²) in [5.41, 5.74) is 0.754. The molecule has 0 aliphatic carbocycles. The van der Waals surface area contributed by atoms with E-state index >= 15 is 0 Å². The predicted octanol–water partition coefficient (Wildman–Crippen LogP) is 0.102. The molecule has 0 bridgehead atoms. The Morgan fingerprint density at radius 2 is 2.12 bits per heavy atom. The number of methoxy groups -OCH3 is 1. The van der Waals surface area contributed by atoms with Gasteiger partial charge in [0.1, 0.15) is 6.61 Å². The van der Waals surface area contributed by atoms with Crippen LogP contribution in [0.1, 0.15) is 12.8 Å². The second kappa shape index (κ2) is 7.19. The Kier molecular flexibility index (Phi) is 5.81. The number of rotatable bonds is 5. The van der Waals surface area contributed by atoms with Crippen LogP contribution in [0, 0.1) is 0 Å². The molecule has 0 aromatic rings. The van der Waals surface area contributed by atoms with Crippen molar-refractivity contribution in [3.05, 3.63) is 0 Å². The summed E-state index contributed by atoms with van der Waals surface area (Å²) in [5.74, 6) is -0.0203. The summed E-state index contributed by atoms with van der Waals surface area (Å²) in [6.45, 7) is 2.22. The highest BCUT2D eigenvalue weighted by Crippen LogP contribution is 2.07. The van der Waals surface area contributed by atoms with E-state index in [1.807, 2.05) is 0 Å². The van der Waals surface area contributed by atoms with Gasteiger partial charge in [-0.3, -0.25) is 4.79 Å². The molecule has 0 atom stereocenters. The number of ether oxygens (including phenoxy) is 2. The Balaban J connectivity index is 2.18. The number of carbonyl (C=O) groups is 1. The molecule has 1 N–H and O–H groups in total. The van der Waals surface area contributed by atoms with Gasteiger partial charge in [0.05, 0.1) is 18.9 Å². The molecule has 1 rings (SSSR count). The first-order valence-corrected chi connectivity index (χ1v) is 5.32. The molecular weight excluding hydrogens is 212 g/mol. The SMILES string of the molecule is COCCOCC(=O)N1CCC(=NO)CC1. The molecule has 1 aliphatic rings. The third-order valence-corrected chi connectivity index (χ3v) is 2.49. The molecule has 92 valence electrons. The number of hydrogen-bond donors (Lipinski definition) is 1. The van der Waals surface area contributed by atoms with Gasteiger partial charge in [-0.1, -0.05) is 5.16 Å². The van der Waals surface area contributed by atoms with Crippen LogP contribution < -0.4 is 0 Å². The normalized spacial score (nSPS) is 16.3. The number of nitrogens with zero attached hydrogens (tertiary/aromatic N) is 2. The fraction of sp³-hybridized carbons (Fsp3) is 0.800. The lowest BCUT2D eigenvalue weighted by Crippen LogP contribution is -2.40. The Labute approximate surface area is 94.8 Å². The first-order chi connectivity index (χ1) is 7.77. The van der Waals surface area contributed by atoms with Crippen LogP contribution in [0.3, 0.4) is 0 Å². The van der Waals surface area contributed by atoms with Gasteiger partial charge in [-0.25, -0.2) is 0 Å². The molecule has 0 unspecified atom stereocenters. The number of amides is 1. The van der Waals surface area contributed by atoms with Gasteiger partial charge in [0.2, 0.25) is 5.91 Å². The van der Waals surface area contributed by atoms with Crippen molar-refractivity contribution in [1.29, 1.82) is 0 Å². The summed E-state index contributed by atoms with van der Waals surface area (Å²) < 4.78 is 9.95. The molecule has 0 saturated carbocycles. The molecule has 0 radical (unpaired) electrons. The minimum Gasteiger partial charge on any atom is -0.411 e. The van der Waals surface area contributed by atoms with E-state index in [-0.39, 0.29) is 12.5 Å². The highest BCUT2D eigenvalue weighted by molar-refractivity contribution is 5.87. The van der Waals surface area contributed by atoms with Gasteiger partial charge in [-0.05, 0) is 0 Å². The molecule has 6 nitrogen and oxygen atoms in total. The van der Waals surface area contributed by atoms with Crippen LogP contribution in [0.2, 0.25) is 0 Å². The zero-order chi connectivity index (χ0) is 11.8. The largest absolute Gasteiger partial charge is 0.411 e. The minimum absolute atomic E-state index is 0.0203. The van der Waals surface area contributed by atoms with Crippen LogP contribution in [0.4, 0.5) is 0 Å². The van der Waals surface area contributed by atoms with Gasteiger partial charge in [-0.2, -0.15) is 0 Å². The van der Waals surface area contributed by atoms with Gasteiger partial charge in [-0.15, -0.1) is 0 Å². The standard InChI is InChI=1S/C10H18N2O4/c1-15-6-7-16-8-10(13)12-4-2-9(11-14)3-5-12/h14H,2-8H2,1H3. The lowest BCUT2D eigenvalue weighted by molar-refractivity contribution is -0.136. The third-order valence-electron chi connectivity index (χ3n) is 2.49. The van der Waals surface area contributed by atoms with E-state index in [0.29, 0.717) is 39.1 Å². The smallest absolute Gasteiger partial charge is 0.248 e. The maximum atomic E-state index is 11.6. The molecule has 1 amide bonds. The zero-order valence-corrected chi connectivity index (χ0v) is 9.52. The van der Waals surface area contributed by atoms with E-state index in [2.05, 4.69) is 5.16 Å². The lowest BCUT2D eigenvalue weighted by atomic mass is 10.1. The van der Waals surface area contributed by atoms with E-state index < -0.39 is 0 Å². The third kappa shape index (κ3) is 4.16. The molecular formula is C10H18N2O4. The maximum absolute atomic E-state index is 11.6. The summed E-state index contributed by atoms with van der Waals surface area (Å²) in [4.78, 5) is 13.3. The molecule has 6 heteroatoms. The van der Waals surface area contributed by atoms with Gasteiger partial charge in [0.25, 0.3) is 0 Å². The zero-order valence-electron chi connectivity index (χ0n) is 9.52. The molecule has 0 spiro atoms. The topological polar surface area (TPSA) is 71.4 Å². The maximum Gasteiger partial charge on any atom is 0.248 e. The number of piperidine rings is 1. The Bertz CT molecular complexity index is 245. The first kappa shape index (κ1) is 12.9. The van der Waals surface area contributed by atoms with Crippen LogP contribution in [-0.4, -0.2) is 61.7 Å². The van der Waals surface area contributed by atoms with Crippen molar-refractivity contribution in [1.82, 2.24) is 4.90 Å². The van der Waals surface area contributed by atoms with Crippen molar-refractivity contribution >= 4 is 11.6 Å². The first-order valence-electron chi connectivity index (χ1n) is 5.32. The second-order valence-electron chi connectivity index (χ2n) is 3.59. The number of oxime groups is 1. The summed E-state index contributed by atoms with van der Waals surface area (Å²) in [6.07, 6.45) is 1.28. The highest BCUT2D eigenvalue weighted by atomic mass is 16.5. The average Bonchev–Trinajstić information content (AvgIpc) is 2.34. The van der Waals surface area contributed by atoms with Crippen molar-refractivity contribution in [3.63, 3.8) is 0 Å². The molecule has 1 heterocycles. The fourth-order valence-electron chi connectivity index (χ4n) is 1.51. The summed E-state index contributed by atoms with van der Waals surface area (Å²) in [6, 6.07) is 0. The monoisotopic (exact) mass is 230 g/mol. The van der Waals surface area contributed by atoms with E-state index in [9.17, 15) is 4.79 Å². The molecule has 0 aromatic heterocycles. The minimum atomic E-state index is -0.0203. The second-order valence-corrected chi connectivity index (χ2v) is 3.59. The Morgan fingerprint density at radius 3 is 2.69 bits per heavy atom. The molecule has 0 aromatic carbocycles. The van der Waals surface area contributed by atoms with Crippen LogP contribution >= 0.6 is 0 Å². The fourth-order valence-corrected chi connectivity index (χ4v) is 1.51. The number of hydrogen-bond acceptors (Lipinski definition) is 5. The van der Waals surface area contributed by atoms with Crippen molar-refractivity contribution in [2.45, 2.75) is 12.8 Å². The van der Waals surface area contributed by atoms with Gasteiger partial charge in [0.15, 0.2) is 0 Å². The molecule has 1 fully saturated rings. The average molecular weight is 230 g/mol. The predicted molar refractivity (Wildman–Crippen MR) is 57.7 cm³/mol. The van der Waals surface area contributed by atoms with Crippen molar-refractivity contribution in [3.8, 4) is 0 Å². The highest BCUT2D eigenvalue weighted by Gasteiger charge is 2.19. The van der Waals surface area contributed by atoms with Crippen LogP contribution in [0.15, 0.2) is 5.16 Å². The van der Waals surface area contributed by atoms with Gasteiger partial charge < -0.3 is 19.6 Å². The summed E-state index contributed by atoms with van der Waals surface area (Å²) >= 11 is 0. The number of likely N-dealkylation sites (tertiary alicyclic amines) is 1. The quantitative estimate of drug-likeness (QED) is 0.413. The van der Waals surface area contributed by atoms with Crippen molar-refractivity contribution in [2.24, 2.45) is 5.16 Å². The van der Waals surface area contributed by atoms with Crippen molar-refractivity contribution in [2.75, 3.05) is 40.0 Å². The van der Waals surface area contributed by atoms with Crippen LogP contribution in [0.5, 0.6) is 0 Å². The van der Waals surface area contributed by atoms with E-state index in [0.717, 1.165) is 5.71 Å². The van der Waals surface area contributed by atoms with Crippen LogP contribution in [0.25, 0.3) is 0 Å². The lowest BCUT2D eigenvalue weighted by Gasteiger charge is -2.27. The van der Waals surface area contributed by atoms with Crippen molar-refractivity contribution < 1.29 is 19.5 Å². The summed E-state index contributed by atoms with van der Waals surface area (Å²) in [5, 5.41) is 11.7. The van der Waals surface area contributed by atoms with Gasteiger partial charge in [0, 0.05) is 33.0 Å². The van der Waals surface area contributed by atoms with E-state index in [4.69, 9.17) is 14.7 Å². The number of carbonyl (C=O) groups excluding carboxylic acids is 1. The molecule has 1 aliphatic heterocycles. The Hall–Kier alpha value is -1.14. The van der Waals surface area contributed by atoms with Gasteiger partial charge >= 0.3 is 0 Å². The molecule has 1 saturated heterocycles. The summed E-state index contributed by atoms with van der Waals surface area (Å²) in [7, 11) is 1.59. The Morgan fingerprint density at radius 1 is 1.44 bits per heavy atom.